The topological polar surface area (TPSA) is 76.7 Å². The number of phenolic OH excluding ortho intramolecular Hbond substituents is 1. The molecule has 220 valence electrons. The van der Waals surface area contributed by atoms with Crippen LogP contribution in [0.15, 0.2) is 113 Å². The zero-order chi connectivity index (χ0) is 29.9. The van der Waals surface area contributed by atoms with E-state index in [0.29, 0.717) is 18.5 Å². The molecule has 1 unspecified atom stereocenters. The Labute approximate surface area is 287 Å². The van der Waals surface area contributed by atoms with E-state index < -0.39 is 0 Å². The van der Waals surface area contributed by atoms with Gasteiger partial charge < -0.3 is 14.3 Å². The molecular formula is C32H27Br5O5. The summed E-state index contributed by atoms with van der Waals surface area (Å²) in [6.07, 6.45) is 0.611. The van der Waals surface area contributed by atoms with Gasteiger partial charge in [-0.1, -0.05) is 111 Å². The molecule has 1 atom stereocenters. The number of esters is 1. The number of phenols is 1. The Morgan fingerprint density at radius 3 is 1.95 bits per heavy atom. The minimum Gasteiger partial charge on any atom is -0.507 e. The molecule has 0 saturated heterocycles. The molecule has 0 aliphatic rings. The molecular weight excluding hydrogens is 864 g/mol. The largest absolute Gasteiger partial charge is 0.507 e. The SMILES string of the molecule is Brc1ccc(-c2cc3cc(Br)ccc3o2)cc1.C.CCOC(=O)C(Br)c1ccc(Br)cc1.O=Cc1cc(Br)ccc1O. The van der Waals surface area contributed by atoms with Crippen LogP contribution in [0.1, 0.15) is 35.1 Å². The number of alkyl halides is 1. The number of hydrogen-bond acceptors (Lipinski definition) is 5. The average molecular weight is 891 g/mol. The van der Waals surface area contributed by atoms with E-state index in [1.165, 1.54) is 6.07 Å². The van der Waals surface area contributed by atoms with Crippen molar-refractivity contribution in [3.05, 3.63) is 120 Å². The van der Waals surface area contributed by atoms with E-state index in [-0.39, 0.29) is 24.0 Å². The Balaban J connectivity index is 0.000000225. The Hall–Kier alpha value is -2.24. The predicted molar refractivity (Wildman–Crippen MR) is 187 cm³/mol. The van der Waals surface area contributed by atoms with E-state index in [9.17, 15) is 9.59 Å². The minimum absolute atomic E-state index is 0. The molecule has 5 aromatic rings. The predicted octanol–water partition coefficient (Wildman–Crippen LogP) is 11.7. The lowest BCUT2D eigenvalue weighted by molar-refractivity contribution is -0.142. The molecule has 0 aliphatic heterocycles. The summed E-state index contributed by atoms with van der Waals surface area (Å²) in [5.74, 6) is 0.652. The smallest absolute Gasteiger partial charge is 0.324 e. The monoisotopic (exact) mass is 886 g/mol. The molecule has 0 saturated carbocycles. The quantitative estimate of drug-likeness (QED) is 0.108. The fourth-order valence-electron chi connectivity index (χ4n) is 3.37. The third kappa shape index (κ3) is 10.8. The maximum absolute atomic E-state index is 11.3. The van der Waals surface area contributed by atoms with Crippen molar-refractivity contribution in [2.45, 2.75) is 19.2 Å². The maximum Gasteiger partial charge on any atom is 0.324 e. The molecule has 0 bridgehead atoms. The number of rotatable bonds is 5. The average Bonchev–Trinajstić information content (AvgIpc) is 3.39. The second-order valence-corrected chi connectivity index (χ2v) is 12.9. The third-order valence-electron chi connectivity index (χ3n) is 5.38. The fraction of sp³-hybridized carbons (Fsp3) is 0.125. The van der Waals surface area contributed by atoms with Gasteiger partial charge in [0, 0.05) is 28.8 Å². The van der Waals surface area contributed by atoms with Crippen LogP contribution in [0.5, 0.6) is 5.75 Å². The molecule has 0 aliphatic carbocycles. The molecule has 0 radical (unpaired) electrons. The summed E-state index contributed by atoms with van der Waals surface area (Å²) in [6.45, 7) is 2.19. The maximum atomic E-state index is 11.3. The molecule has 0 spiro atoms. The van der Waals surface area contributed by atoms with Crippen molar-refractivity contribution in [2.75, 3.05) is 6.61 Å². The van der Waals surface area contributed by atoms with Gasteiger partial charge in [0.25, 0.3) is 0 Å². The van der Waals surface area contributed by atoms with Crippen molar-refractivity contribution in [3.63, 3.8) is 0 Å². The van der Waals surface area contributed by atoms with Gasteiger partial charge in [0.05, 0.1) is 12.2 Å². The summed E-state index contributed by atoms with van der Waals surface area (Å²) in [5, 5.41) is 10.1. The van der Waals surface area contributed by atoms with Crippen LogP contribution < -0.4 is 0 Å². The molecule has 5 nitrogen and oxygen atoms in total. The van der Waals surface area contributed by atoms with Gasteiger partial charge >= 0.3 is 5.97 Å². The number of aromatic hydroxyl groups is 1. The van der Waals surface area contributed by atoms with Crippen LogP contribution in [0.3, 0.4) is 0 Å². The van der Waals surface area contributed by atoms with Crippen LogP contribution in [-0.2, 0) is 9.53 Å². The van der Waals surface area contributed by atoms with Crippen molar-refractivity contribution in [1.82, 2.24) is 0 Å². The van der Waals surface area contributed by atoms with Crippen LogP contribution in [0.2, 0.25) is 0 Å². The summed E-state index contributed by atoms with van der Waals surface area (Å²) < 4.78 is 14.6. The molecule has 0 amide bonds. The second kappa shape index (κ2) is 17.8. The van der Waals surface area contributed by atoms with Crippen molar-refractivity contribution in [2.24, 2.45) is 0 Å². The van der Waals surface area contributed by atoms with Crippen molar-refractivity contribution < 1.29 is 23.8 Å². The summed E-state index contributed by atoms with van der Waals surface area (Å²) in [5.41, 5.74) is 3.19. The van der Waals surface area contributed by atoms with Crippen LogP contribution >= 0.6 is 79.6 Å². The number of carbonyl (C=O) groups is 2. The molecule has 4 aromatic carbocycles. The first-order valence-electron chi connectivity index (χ1n) is 12.1. The lowest BCUT2D eigenvalue weighted by atomic mass is 10.1. The van der Waals surface area contributed by atoms with Gasteiger partial charge in [0.2, 0.25) is 0 Å². The highest BCUT2D eigenvalue weighted by Gasteiger charge is 2.17. The molecule has 10 heteroatoms. The second-order valence-electron chi connectivity index (χ2n) is 8.29. The van der Waals surface area contributed by atoms with Crippen LogP contribution in [0.4, 0.5) is 0 Å². The van der Waals surface area contributed by atoms with Crippen molar-refractivity contribution in [1.29, 1.82) is 0 Å². The first-order valence-corrected chi connectivity index (χ1v) is 16.1. The minimum atomic E-state index is -0.379. The van der Waals surface area contributed by atoms with Gasteiger partial charge in [0.1, 0.15) is 21.9 Å². The van der Waals surface area contributed by atoms with Crippen molar-refractivity contribution >= 4 is 103 Å². The zero-order valence-electron chi connectivity index (χ0n) is 21.5. The summed E-state index contributed by atoms with van der Waals surface area (Å²) in [7, 11) is 0. The number of furan rings is 1. The summed E-state index contributed by atoms with van der Waals surface area (Å²) in [4.78, 5) is 21.2. The highest BCUT2D eigenvalue weighted by molar-refractivity contribution is 9.11. The number of hydrogen-bond donors (Lipinski definition) is 1. The number of fused-ring (bicyclic) bond motifs is 1. The Bertz CT molecular complexity index is 1600. The summed E-state index contributed by atoms with van der Waals surface area (Å²) >= 11 is 16.7. The zero-order valence-corrected chi connectivity index (χ0v) is 29.4. The number of carbonyl (C=O) groups excluding carboxylic acids is 2. The van der Waals surface area contributed by atoms with Gasteiger partial charge in [-0.15, -0.1) is 0 Å². The molecule has 0 fully saturated rings. The van der Waals surface area contributed by atoms with Crippen LogP contribution in [0.25, 0.3) is 22.3 Å². The highest BCUT2D eigenvalue weighted by Crippen LogP contribution is 2.30. The number of aldehydes is 1. The lowest BCUT2D eigenvalue weighted by Crippen LogP contribution is -2.10. The van der Waals surface area contributed by atoms with Gasteiger partial charge in [0.15, 0.2) is 6.29 Å². The molecule has 1 aromatic heterocycles. The van der Waals surface area contributed by atoms with Gasteiger partial charge in [-0.25, -0.2) is 0 Å². The Morgan fingerprint density at radius 2 is 1.38 bits per heavy atom. The van der Waals surface area contributed by atoms with E-state index >= 15 is 0 Å². The van der Waals surface area contributed by atoms with Gasteiger partial charge in [-0.05, 0) is 79.2 Å². The van der Waals surface area contributed by atoms with Crippen LogP contribution in [0, 0.1) is 0 Å². The third-order valence-corrected chi connectivity index (χ3v) is 8.33. The lowest BCUT2D eigenvalue weighted by Gasteiger charge is -2.08. The molecule has 42 heavy (non-hydrogen) atoms. The number of halogens is 5. The van der Waals surface area contributed by atoms with E-state index in [1.54, 1.807) is 19.1 Å². The standard InChI is InChI=1S/C14H8Br2O.C10H10Br2O2.C7H5BrO2.CH4/c15-11-3-1-9(2-4-11)14-8-10-7-12(16)5-6-13(10)17-14;1-2-14-10(13)9(12)7-3-5-8(11)6-4-7;8-6-1-2-7(10)5(3-6)4-9;/h1-8H;3-6,9H,2H2,1H3;1-4,10H;1H4. The Morgan fingerprint density at radius 1 is 0.833 bits per heavy atom. The van der Waals surface area contributed by atoms with Crippen LogP contribution in [-0.4, -0.2) is 24.0 Å². The highest BCUT2D eigenvalue weighted by atomic mass is 79.9. The number of ether oxygens (including phenoxy) is 1. The van der Waals surface area contributed by atoms with E-state index in [0.717, 1.165) is 45.7 Å². The number of benzene rings is 4. The molecule has 1 N–H and O–H groups in total. The van der Waals surface area contributed by atoms with E-state index in [4.69, 9.17) is 14.3 Å². The van der Waals surface area contributed by atoms with Gasteiger partial charge in [-0.3, -0.25) is 9.59 Å². The first kappa shape index (κ1) is 36.0. The van der Waals surface area contributed by atoms with Gasteiger partial charge in [-0.2, -0.15) is 0 Å². The molecule has 1 heterocycles. The van der Waals surface area contributed by atoms with E-state index in [2.05, 4.69) is 91.8 Å². The van der Waals surface area contributed by atoms with Crippen molar-refractivity contribution in [3.8, 4) is 17.1 Å². The fourth-order valence-corrected chi connectivity index (χ4v) is 5.10. The normalized spacial score (nSPS) is 10.7. The summed E-state index contributed by atoms with van der Waals surface area (Å²) in [6, 6.07) is 28.4. The Kier molecular flexibility index (Phi) is 15.2. The molecule has 5 rings (SSSR count). The van der Waals surface area contributed by atoms with E-state index in [1.807, 2.05) is 60.7 Å². The first-order chi connectivity index (χ1) is 19.6.